The van der Waals surface area contributed by atoms with Crippen molar-refractivity contribution in [1.29, 1.82) is 5.26 Å². The normalized spacial score (nSPS) is 24.2. The zero-order valence-corrected chi connectivity index (χ0v) is 13.4. The summed E-state index contributed by atoms with van der Waals surface area (Å²) >= 11 is 0. The van der Waals surface area contributed by atoms with E-state index in [-0.39, 0.29) is 0 Å². The third-order valence-corrected chi connectivity index (χ3v) is 4.37. The summed E-state index contributed by atoms with van der Waals surface area (Å²) < 4.78 is 0. The molecular formula is C16H30N4. The minimum atomic E-state index is 0.917. The molecule has 1 aliphatic rings. The SMILES string of the molecule is CCCCCCCC[NH+]1CCC(C)C1C.N#CN=C=[N-]. The molecule has 0 saturated carbocycles. The maximum atomic E-state index is 7.43. The predicted molar refractivity (Wildman–Crippen MR) is 83.7 cm³/mol. The van der Waals surface area contributed by atoms with Gasteiger partial charge in [0.1, 0.15) is 0 Å². The van der Waals surface area contributed by atoms with Crippen molar-refractivity contribution in [3.8, 4) is 6.19 Å². The lowest BCUT2D eigenvalue weighted by Crippen LogP contribution is -3.13. The maximum Gasteiger partial charge on any atom is 0.0925 e. The van der Waals surface area contributed by atoms with Crippen molar-refractivity contribution in [2.45, 2.75) is 71.8 Å². The fourth-order valence-corrected chi connectivity index (χ4v) is 2.80. The Labute approximate surface area is 124 Å². The van der Waals surface area contributed by atoms with Crippen LogP contribution in [0.1, 0.15) is 65.7 Å². The average molecular weight is 278 g/mol. The molecule has 0 aromatic carbocycles. The Balaban J connectivity index is 0.000000621. The fourth-order valence-electron chi connectivity index (χ4n) is 2.80. The minimum absolute atomic E-state index is 0.917. The monoisotopic (exact) mass is 278 g/mol. The molecule has 0 amide bonds. The quantitative estimate of drug-likeness (QED) is 0.434. The summed E-state index contributed by atoms with van der Waals surface area (Å²) in [5.41, 5.74) is 0. The number of quaternary nitrogens is 1. The van der Waals surface area contributed by atoms with Gasteiger partial charge in [-0.3, -0.25) is 0 Å². The molecule has 0 spiro atoms. The van der Waals surface area contributed by atoms with Crippen molar-refractivity contribution >= 4 is 6.01 Å². The Hall–Kier alpha value is -1.17. The van der Waals surface area contributed by atoms with Crippen LogP contribution in [0.15, 0.2) is 4.99 Å². The topological polar surface area (TPSA) is 62.9 Å². The molecule has 0 bridgehead atoms. The highest BCUT2D eigenvalue weighted by atomic mass is 15.2. The van der Waals surface area contributed by atoms with Gasteiger partial charge >= 0.3 is 0 Å². The van der Waals surface area contributed by atoms with Crippen LogP contribution in [-0.4, -0.2) is 25.1 Å². The van der Waals surface area contributed by atoms with Crippen LogP contribution in [0.4, 0.5) is 0 Å². The standard InChI is InChI=1S/C14H29N.C2N3/c1-4-5-6-7-8-9-11-15-12-10-13(2)14(15)3;3-1-5-2-4/h13-14H,4-12H2,1-3H3;/q;-1/p+1. The molecule has 1 aliphatic heterocycles. The van der Waals surface area contributed by atoms with Gasteiger partial charge in [-0.15, -0.1) is 6.01 Å². The molecule has 4 nitrogen and oxygen atoms in total. The van der Waals surface area contributed by atoms with Crippen LogP contribution in [-0.2, 0) is 0 Å². The second-order valence-corrected chi connectivity index (χ2v) is 5.79. The number of nitrogens with zero attached hydrogens (tertiary/aromatic N) is 3. The second-order valence-electron chi connectivity index (χ2n) is 5.79. The third kappa shape index (κ3) is 8.85. The van der Waals surface area contributed by atoms with Gasteiger partial charge < -0.3 is 15.3 Å². The first-order chi connectivity index (χ1) is 9.67. The van der Waals surface area contributed by atoms with Crippen molar-refractivity contribution in [1.82, 2.24) is 0 Å². The summed E-state index contributed by atoms with van der Waals surface area (Å²) in [5, 5.41) is 14.9. The van der Waals surface area contributed by atoms with Crippen LogP contribution in [0.3, 0.4) is 0 Å². The molecule has 3 atom stereocenters. The van der Waals surface area contributed by atoms with Crippen LogP contribution in [0.5, 0.6) is 0 Å². The molecule has 20 heavy (non-hydrogen) atoms. The largest absolute Gasteiger partial charge is 0.422 e. The molecular weight excluding hydrogens is 248 g/mol. The van der Waals surface area contributed by atoms with Gasteiger partial charge in [0.15, 0.2) is 0 Å². The average Bonchev–Trinajstić information content (AvgIpc) is 2.76. The molecule has 3 unspecified atom stereocenters. The van der Waals surface area contributed by atoms with Crippen LogP contribution in [0.25, 0.3) is 5.41 Å². The van der Waals surface area contributed by atoms with Crippen molar-refractivity contribution < 1.29 is 4.90 Å². The van der Waals surface area contributed by atoms with Gasteiger partial charge in [0.05, 0.1) is 25.3 Å². The van der Waals surface area contributed by atoms with Gasteiger partial charge in [-0.25, -0.2) is 0 Å². The van der Waals surface area contributed by atoms with Crippen molar-refractivity contribution in [3.05, 3.63) is 5.41 Å². The number of hydrogen-bond acceptors (Lipinski definition) is 2. The molecule has 0 aromatic heterocycles. The lowest BCUT2D eigenvalue weighted by Gasteiger charge is -2.19. The molecule has 1 heterocycles. The zero-order valence-electron chi connectivity index (χ0n) is 13.4. The number of nitrogens with one attached hydrogen (secondary N) is 1. The van der Waals surface area contributed by atoms with Crippen molar-refractivity contribution in [2.24, 2.45) is 10.9 Å². The Morgan fingerprint density at radius 2 is 1.85 bits per heavy atom. The van der Waals surface area contributed by atoms with Crippen LogP contribution in [0, 0.1) is 17.4 Å². The first kappa shape index (κ1) is 18.8. The molecule has 1 rings (SSSR count). The molecule has 0 aromatic rings. The van der Waals surface area contributed by atoms with E-state index in [9.17, 15) is 0 Å². The summed E-state index contributed by atoms with van der Waals surface area (Å²) in [6, 6.07) is 2.20. The molecule has 4 heteroatoms. The highest BCUT2D eigenvalue weighted by Crippen LogP contribution is 2.10. The van der Waals surface area contributed by atoms with Crippen molar-refractivity contribution in [3.63, 3.8) is 0 Å². The summed E-state index contributed by atoms with van der Waals surface area (Å²) in [6.07, 6.45) is 11.4. The fraction of sp³-hybridized carbons (Fsp3) is 0.875. The highest BCUT2D eigenvalue weighted by molar-refractivity contribution is 5.46. The molecule has 1 fully saturated rings. The lowest BCUT2D eigenvalue weighted by atomic mass is 10.1. The Morgan fingerprint density at radius 1 is 1.20 bits per heavy atom. The van der Waals surface area contributed by atoms with Crippen LogP contribution in [0.2, 0.25) is 0 Å². The molecule has 1 saturated heterocycles. The number of rotatable bonds is 7. The maximum absolute atomic E-state index is 7.43. The highest BCUT2D eigenvalue weighted by Gasteiger charge is 2.30. The number of hydrogen-bond donors (Lipinski definition) is 1. The van der Waals surface area contributed by atoms with Crippen LogP contribution < -0.4 is 4.90 Å². The van der Waals surface area contributed by atoms with Gasteiger partial charge in [-0.1, -0.05) is 39.5 Å². The lowest BCUT2D eigenvalue weighted by molar-refractivity contribution is -0.912. The van der Waals surface area contributed by atoms with E-state index in [4.69, 9.17) is 10.7 Å². The summed E-state index contributed by atoms with van der Waals surface area (Å²) in [7, 11) is 0. The summed E-state index contributed by atoms with van der Waals surface area (Å²) in [5.74, 6) is 0.958. The van der Waals surface area contributed by atoms with E-state index < -0.39 is 0 Å². The number of nitriles is 1. The molecule has 0 aliphatic carbocycles. The van der Waals surface area contributed by atoms with Crippen molar-refractivity contribution in [2.75, 3.05) is 13.1 Å². The van der Waals surface area contributed by atoms with E-state index in [2.05, 4.69) is 25.8 Å². The molecule has 0 radical (unpaired) electrons. The Kier molecular flexibility index (Phi) is 12.1. The summed E-state index contributed by atoms with van der Waals surface area (Å²) in [6.45, 7) is 10.00. The van der Waals surface area contributed by atoms with E-state index in [1.54, 1.807) is 0 Å². The molecule has 114 valence electrons. The minimum Gasteiger partial charge on any atom is -0.422 e. The van der Waals surface area contributed by atoms with Crippen LogP contribution >= 0.6 is 0 Å². The van der Waals surface area contributed by atoms with E-state index in [0.717, 1.165) is 12.0 Å². The van der Waals surface area contributed by atoms with E-state index in [1.165, 1.54) is 70.2 Å². The van der Waals surface area contributed by atoms with Gasteiger partial charge in [-0.2, -0.15) is 5.26 Å². The third-order valence-electron chi connectivity index (χ3n) is 4.37. The van der Waals surface area contributed by atoms with Gasteiger partial charge in [-0.05, 0) is 19.8 Å². The van der Waals surface area contributed by atoms with Gasteiger partial charge in [0.2, 0.25) is 0 Å². The molecule has 1 N–H and O–H groups in total. The zero-order chi connectivity index (χ0) is 15.2. The van der Waals surface area contributed by atoms with E-state index >= 15 is 0 Å². The summed E-state index contributed by atoms with van der Waals surface area (Å²) in [4.78, 5) is 4.46. The van der Waals surface area contributed by atoms with E-state index in [0.29, 0.717) is 0 Å². The Bertz CT molecular complexity index is 315. The first-order valence-corrected chi connectivity index (χ1v) is 7.99. The number of likely N-dealkylation sites (tertiary alicyclic amines) is 1. The number of aliphatic imine (C=N–C) groups is 1. The predicted octanol–water partition coefficient (Wildman–Crippen LogP) is 2.87. The van der Waals surface area contributed by atoms with Gasteiger partial charge in [0.25, 0.3) is 0 Å². The smallest absolute Gasteiger partial charge is 0.0925 e. The Morgan fingerprint density at radius 3 is 2.30 bits per heavy atom. The number of unbranched alkanes of at least 4 members (excludes halogenated alkanes) is 5. The van der Waals surface area contributed by atoms with E-state index in [1.807, 2.05) is 4.90 Å². The second kappa shape index (κ2) is 12.8. The first-order valence-electron chi connectivity index (χ1n) is 7.99. The van der Waals surface area contributed by atoms with Gasteiger partial charge in [0, 0.05) is 12.3 Å².